The number of fused-ring (bicyclic) bond motifs is 4. The van der Waals surface area contributed by atoms with Crippen LogP contribution in [0.2, 0.25) is 5.02 Å². The van der Waals surface area contributed by atoms with Gasteiger partial charge in [-0.15, -0.1) is 0 Å². The number of pyridine rings is 1. The van der Waals surface area contributed by atoms with Crippen molar-refractivity contribution < 1.29 is 17.9 Å². The maximum Gasteiger partial charge on any atom is 0.324 e. The Bertz CT molecular complexity index is 1310. The van der Waals surface area contributed by atoms with Crippen LogP contribution in [0, 0.1) is 0 Å². The van der Waals surface area contributed by atoms with Crippen molar-refractivity contribution in [3.05, 3.63) is 63.5 Å². The van der Waals surface area contributed by atoms with Crippen LogP contribution >= 0.6 is 11.6 Å². The number of aryl methyl sites for hydroxylation is 1. The lowest BCUT2D eigenvalue weighted by Crippen LogP contribution is -2.18. The van der Waals surface area contributed by atoms with Crippen molar-refractivity contribution in [2.24, 2.45) is 7.05 Å². The molecule has 0 aliphatic carbocycles. The number of hydrogen-bond acceptors (Lipinski definition) is 7. The van der Waals surface area contributed by atoms with Gasteiger partial charge < -0.3 is 14.0 Å². The minimum atomic E-state index is -3.65. The zero-order valence-electron chi connectivity index (χ0n) is 17.2. The smallest absolute Gasteiger partial charge is 0.324 e. The topological polar surface area (TPSA) is 112 Å². The van der Waals surface area contributed by atoms with E-state index < -0.39 is 10.0 Å². The zero-order chi connectivity index (χ0) is 22.7. The van der Waals surface area contributed by atoms with Gasteiger partial charge in [0.05, 0.1) is 23.1 Å². The summed E-state index contributed by atoms with van der Waals surface area (Å²) < 4.78 is 40.4. The molecule has 0 amide bonds. The minimum Gasteiger partial charge on any atom is -0.423 e. The molecule has 9 nitrogen and oxygen atoms in total. The molecular formula is C21H21ClN4O5S. The maximum atomic E-state index is 12.5. The number of sulfonamides is 1. The Morgan fingerprint density at radius 2 is 1.97 bits per heavy atom. The minimum absolute atomic E-state index is 0.0530. The summed E-state index contributed by atoms with van der Waals surface area (Å²) in [4.78, 5) is 20.4. The molecule has 0 saturated heterocycles. The second kappa shape index (κ2) is 9.27. The molecular weight excluding hydrogens is 456 g/mol. The van der Waals surface area contributed by atoms with Gasteiger partial charge in [-0.1, -0.05) is 17.7 Å². The highest BCUT2D eigenvalue weighted by Gasteiger charge is 2.17. The van der Waals surface area contributed by atoms with Crippen molar-refractivity contribution in [2.75, 3.05) is 17.1 Å². The van der Waals surface area contributed by atoms with Gasteiger partial charge in [0.1, 0.15) is 11.6 Å². The largest absolute Gasteiger partial charge is 0.423 e. The van der Waals surface area contributed by atoms with Crippen LogP contribution in [0.15, 0.2) is 47.4 Å². The molecule has 0 spiro atoms. The number of anilines is 1. The number of hydrogen-bond donors (Lipinski definition) is 1. The monoisotopic (exact) mass is 476 g/mol. The molecule has 1 aliphatic rings. The summed E-state index contributed by atoms with van der Waals surface area (Å²) in [6, 6.07) is 9.64. The number of nitrogens with one attached hydrogen (secondary N) is 1. The lowest BCUT2D eigenvalue weighted by molar-refractivity contribution is 0.118. The van der Waals surface area contributed by atoms with Gasteiger partial charge in [-0.2, -0.15) is 9.97 Å². The third-order valence-corrected chi connectivity index (χ3v) is 6.42. The summed E-state index contributed by atoms with van der Waals surface area (Å²) in [6.07, 6.45) is 2.62. The van der Waals surface area contributed by atoms with Gasteiger partial charge in [-0.3, -0.25) is 9.52 Å². The SMILES string of the molecule is Cn1cc(-c2cc3nc(n2)Oc2cc(ccc2Cl)COCCCCS(=O)(=O)N3)ccc1=O. The van der Waals surface area contributed by atoms with Crippen molar-refractivity contribution in [3.63, 3.8) is 0 Å². The van der Waals surface area contributed by atoms with Crippen molar-refractivity contribution in [2.45, 2.75) is 19.4 Å². The van der Waals surface area contributed by atoms with Crippen molar-refractivity contribution in [3.8, 4) is 23.0 Å². The quantitative estimate of drug-likeness (QED) is 0.573. The number of ether oxygens (including phenoxy) is 2. The first-order chi connectivity index (χ1) is 15.3. The first-order valence-electron chi connectivity index (χ1n) is 9.90. The fourth-order valence-electron chi connectivity index (χ4n) is 3.13. The second-order valence-corrected chi connectivity index (χ2v) is 9.58. The average Bonchev–Trinajstić information content (AvgIpc) is 2.74. The standard InChI is InChI=1S/C21H21ClN4O5S/c1-26-12-15(5-7-20(26)27)17-11-19-24-21(23-17)31-18-10-14(4-6-16(18)22)13-30-8-2-3-9-32(28,29)25-19/h4-7,10-12H,2-3,8-9,13H2,1H3,(H,23,24,25). The Hall–Kier alpha value is -2.95. The van der Waals surface area contributed by atoms with E-state index in [-0.39, 0.29) is 23.1 Å². The molecule has 1 aliphatic heterocycles. The van der Waals surface area contributed by atoms with Crippen LogP contribution in [-0.4, -0.2) is 35.3 Å². The summed E-state index contributed by atoms with van der Waals surface area (Å²) in [5.74, 6) is 0.289. The highest BCUT2D eigenvalue weighted by Crippen LogP contribution is 2.31. The van der Waals surface area contributed by atoms with Gasteiger partial charge in [-0.25, -0.2) is 8.42 Å². The molecule has 168 valence electrons. The second-order valence-electron chi connectivity index (χ2n) is 7.34. The average molecular weight is 477 g/mol. The molecule has 0 radical (unpaired) electrons. The van der Waals surface area contributed by atoms with Gasteiger partial charge in [0, 0.05) is 37.5 Å². The number of rotatable bonds is 1. The van der Waals surface area contributed by atoms with E-state index in [9.17, 15) is 13.2 Å². The molecule has 0 unspecified atom stereocenters. The van der Waals surface area contributed by atoms with Gasteiger partial charge in [0.25, 0.3) is 0 Å². The summed E-state index contributed by atoms with van der Waals surface area (Å²) in [6.45, 7) is 0.765. The van der Waals surface area contributed by atoms with Gasteiger partial charge in [0.15, 0.2) is 0 Å². The predicted octanol–water partition coefficient (Wildman–Crippen LogP) is 3.34. The molecule has 0 fully saturated rings. The fraction of sp³-hybridized carbons (Fsp3) is 0.286. The Morgan fingerprint density at radius 3 is 2.78 bits per heavy atom. The lowest BCUT2D eigenvalue weighted by Gasteiger charge is -2.12. The number of aromatic nitrogens is 3. The number of nitrogens with zero attached hydrogens (tertiary/aromatic N) is 3. The maximum absolute atomic E-state index is 12.5. The Morgan fingerprint density at radius 1 is 1.12 bits per heavy atom. The van der Waals surface area contributed by atoms with E-state index in [0.29, 0.717) is 48.1 Å². The molecule has 1 aromatic carbocycles. The van der Waals surface area contributed by atoms with Crippen LogP contribution in [-0.2, 0) is 28.4 Å². The van der Waals surface area contributed by atoms with Crippen LogP contribution < -0.4 is 15.0 Å². The fourth-order valence-corrected chi connectivity index (χ4v) is 4.39. The first-order valence-corrected chi connectivity index (χ1v) is 11.9. The Labute approximate surface area is 190 Å². The Balaban J connectivity index is 1.81. The van der Waals surface area contributed by atoms with Crippen molar-refractivity contribution in [1.29, 1.82) is 0 Å². The first kappa shape index (κ1) is 22.3. The van der Waals surface area contributed by atoms with Crippen LogP contribution in [0.25, 0.3) is 11.3 Å². The molecule has 0 atom stereocenters. The molecule has 4 bridgehead atoms. The summed E-state index contributed by atoms with van der Waals surface area (Å²) in [5.41, 5.74) is 1.63. The molecule has 3 aromatic rings. The number of benzene rings is 1. The van der Waals surface area contributed by atoms with Crippen molar-refractivity contribution in [1.82, 2.24) is 14.5 Å². The van der Waals surface area contributed by atoms with Crippen LogP contribution in [0.4, 0.5) is 5.82 Å². The van der Waals surface area contributed by atoms with Crippen LogP contribution in [0.3, 0.4) is 0 Å². The normalized spacial score (nSPS) is 16.2. The Kier molecular flexibility index (Phi) is 6.45. The third kappa shape index (κ3) is 5.45. The van der Waals surface area contributed by atoms with Gasteiger partial charge in [0.2, 0.25) is 15.6 Å². The number of halogens is 1. The zero-order valence-corrected chi connectivity index (χ0v) is 18.8. The molecule has 1 N–H and O–H groups in total. The molecule has 2 aromatic heterocycles. The van der Waals surface area contributed by atoms with E-state index >= 15 is 0 Å². The molecule has 0 saturated carbocycles. The molecule has 11 heteroatoms. The van der Waals surface area contributed by atoms with E-state index in [1.54, 1.807) is 31.4 Å². The van der Waals surface area contributed by atoms with E-state index in [0.717, 1.165) is 5.56 Å². The van der Waals surface area contributed by atoms with Crippen LogP contribution in [0.5, 0.6) is 11.8 Å². The van der Waals surface area contributed by atoms with E-state index in [2.05, 4.69) is 14.7 Å². The van der Waals surface area contributed by atoms with E-state index in [4.69, 9.17) is 21.1 Å². The summed E-state index contributed by atoms with van der Waals surface area (Å²) in [7, 11) is -2.04. The van der Waals surface area contributed by atoms with Crippen molar-refractivity contribution >= 4 is 27.4 Å². The lowest BCUT2D eigenvalue weighted by atomic mass is 10.2. The van der Waals surface area contributed by atoms with Gasteiger partial charge >= 0.3 is 6.01 Å². The summed E-state index contributed by atoms with van der Waals surface area (Å²) >= 11 is 6.29. The van der Waals surface area contributed by atoms with Gasteiger partial charge in [-0.05, 0) is 36.6 Å². The molecule has 32 heavy (non-hydrogen) atoms. The summed E-state index contributed by atoms with van der Waals surface area (Å²) in [5, 5.41) is 0.344. The van der Waals surface area contributed by atoms with Crippen LogP contribution in [0.1, 0.15) is 18.4 Å². The molecule has 4 rings (SSSR count). The predicted molar refractivity (Wildman–Crippen MR) is 121 cm³/mol. The van der Waals surface area contributed by atoms with E-state index in [1.807, 2.05) is 6.07 Å². The third-order valence-electron chi connectivity index (χ3n) is 4.76. The van der Waals surface area contributed by atoms with E-state index in [1.165, 1.54) is 16.7 Å². The molecule has 3 heterocycles. The highest BCUT2D eigenvalue weighted by molar-refractivity contribution is 7.92. The highest BCUT2D eigenvalue weighted by atomic mass is 35.5.